The highest BCUT2D eigenvalue weighted by atomic mass is 19.3. The van der Waals surface area contributed by atoms with E-state index >= 15 is 0 Å². The second kappa shape index (κ2) is 8.31. The number of anilines is 3. The van der Waals surface area contributed by atoms with Crippen molar-refractivity contribution in [3.8, 4) is 17.3 Å². The third-order valence-corrected chi connectivity index (χ3v) is 3.80. The highest BCUT2D eigenvalue weighted by Crippen LogP contribution is 2.31. The lowest BCUT2D eigenvalue weighted by Gasteiger charge is -2.15. The summed E-state index contributed by atoms with van der Waals surface area (Å²) in [7, 11) is 1.47. The largest absolute Gasteiger partial charge is 0.481 e. The molecule has 3 aromatic heterocycles. The third-order valence-electron chi connectivity index (χ3n) is 3.80. The molecule has 0 unspecified atom stereocenters. The number of pyridine rings is 1. The Balaban J connectivity index is 2.09. The summed E-state index contributed by atoms with van der Waals surface area (Å²) < 4.78 is 32.6. The van der Waals surface area contributed by atoms with Crippen LogP contribution in [0.15, 0.2) is 30.6 Å². The van der Waals surface area contributed by atoms with Crippen LogP contribution in [0.2, 0.25) is 0 Å². The summed E-state index contributed by atoms with van der Waals surface area (Å²) in [6, 6.07) is 4.63. The highest BCUT2D eigenvalue weighted by molar-refractivity contribution is 5.89. The SMILES string of the molecule is COc1ccnc(-c2cnc(NC(C)=O)cc2Nc2cc(C)nc(C(C)(F)F)n2)n1. The van der Waals surface area contributed by atoms with Crippen molar-refractivity contribution in [2.75, 3.05) is 17.7 Å². The molecule has 0 atom stereocenters. The molecule has 11 heteroatoms. The maximum absolute atomic E-state index is 13.7. The Morgan fingerprint density at radius 2 is 1.90 bits per heavy atom. The van der Waals surface area contributed by atoms with Gasteiger partial charge in [-0.3, -0.25) is 4.79 Å². The molecule has 0 aliphatic carbocycles. The number of aromatic nitrogens is 5. The van der Waals surface area contributed by atoms with Gasteiger partial charge in [-0.25, -0.2) is 19.9 Å². The summed E-state index contributed by atoms with van der Waals surface area (Å²) in [5, 5.41) is 5.55. The molecule has 9 nitrogen and oxygen atoms in total. The summed E-state index contributed by atoms with van der Waals surface area (Å²) in [6.07, 6.45) is 2.96. The lowest BCUT2D eigenvalue weighted by Crippen LogP contribution is -2.14. The molecule has 0 aliphatic rings. The van der Waals surface area contributed by atoms with Crippen molar-refractivity contribution in [1.82, 2.24) is 24.9 Å². The van der Waals surface area contributed by atoms with Crippen LogP contribution in [0.1, 0.15) is 25.4 Å². The van der Waals surface area contributed by atoms with Crippen molar-refractivity contribution < 1.29 is 18.3 Å². The Bertz CT molecular complexity index is 1090. The van der Waals surface area contributed by atoms with E-state index in [1.807, 2.05) is 0 Å². The minimum atomic E-state index is -3.21. The quantitative estimate of drug-likeness (QED) is 0.629. The van der Waals surface area contributed by atoms with Crippen LogP contribution >= 0.6 is 0 Å². The van der Waals surface area contributed by atoms with Gasteiger partial charge in [0.15, 0.2) is 5.82 Å². The van der Waals surface area contributed by atoms with Crippen LogP contribution in [0.5, 0.6) is 5.88 Å². The van der Waals surface area contributed by atoms with Crippen molar-refractivity contribution in [1.29, 1.82) is 0 Å². The van der Waals surface area contributed by atoms with Gasteiger partial charge in [0.05, 0.1) is 18.4 Å². The average Bonchev–Trinajstić information content (AvgIpc) is 2.66. The topological polar surface area (TPSA) is 115 Å². The van der Waals surface area contributed by atoms with Gasteiger partial charge < -0.3 is 15.4 Å². The average molecular weight is 415 g/mol. The zero-order valence-corrected chi connectivity index (χ0v) is 16.7. The molecule has 0 fully saturated rings. The lowest BCUT2D eigenvalue weighted by atomic mass is 10.2. The predicted molar refractivity (Wildman–Crippen MR) is 106 cm³/mol. The Kier molecular flexibility index (Phi) is 5.81. The Morgan fingerprint density at radius 1 is 1.13 bits per heavy atom. The molecule has 30 heavy (non-hydrogen) atoms. The summed E-state index contributed by atoms with van der Waals surface area (Å²) in [4.78, 5) is 31.8. The molecule has 0 saturated carbocycles. The molecular formula is C19H19F2N7O2. The van der Waals surface area contributed by atoms with Gasteiger partial charge in [-0.05, 0) is 6.92 Å². The Morgan fingerprint density at radius 3 is 2.57 bits per heavy atom. The van der Waals surface area contributed by atoms with E-state index in [4.69, 9.17) is 4.74 Å². The maximum Gasteiger partial charge on any atom is 0.303 e. The highest BCUT2D eigenvalue weighted by Gasteiger charge is 2.29. The fourth-order valence-corrected chi connectivity index (χ4v) is 2.54. The van der Waals surface area contributed by atoms with E-state index in [-0.39, 0.29) is 23.4 Å². The number of carbonyl (C=O) groups excluding carboxylic acids is 1. The first-order valence-electron chi connectivity index (χ1n) is 8.82. The van der Waals surface area contributed by atoms with Crippen LogP contribution in [0, 0.1) is 6.92 Å². The first-order chi connectivity index (χ1) is 14.2. The molecule has 156 valence electrons. The lowest BCUT2D eigenvalue weighted by molar-refractivity contribution is -0.114. The van der Waals surface area contributed by atoms with Crippen molar-refractivity contribution in [3.63, 3.8) is 0 Å². The second-order valence-corrected chi connectivity index (χ2v) is 6.45. The molecule has 0 spiro atoms. The molecule has 3 aromatic rings. The van der Waals surface area contributed by atoms with Crippen LogP contribution in [-0.4, -0.2) is 37.9 Å². The second-order valence-electron chi connectivity index (χ2n) is 6.45. The number of methoxy groups -OCH3 is 1. The molecule has 0 radical (unpaired) electrons. The summed E-state index contributed by atoms with van der Waals surface area (Å²) in [6.45, 7) is 3.66. The van der Waals surface area contributed by atoms with Crippen LogP contribution < -0.4 is 15.4 Å². The van der Waals surface area contributed by atoms with Crippen molar-refractivity contribution in [2.24, 2.45) is 0 Å². The Labute approximate surface area is 171 Å². The van der Waals surface area contributed by atoms with Gasteiger partial charge in [0, 0.05) is 50.1 Å². The number of hydrogen-bond acceptors (Lipinski definition) is 8. The number of hydrogen-bond donors (Lipinski definition) is 2. The van der Waals surface area contributed by atoms with E-state index in [2.05, 4.69) is 35.6 Å². The van der Waals surface area contributed by atoms with Crippen LogP contribution in [0.3, 0.4) is 0 Å². The molecule has 0 aromatic carbocycles. The summed E-state index contributed by atoms with van der Waals surface area (Å²) >= 11 is 0. The predicted octanol–water partition coefficient (Wildman–Crippen LogP) is 3.46. The number of rotatable bonds is 6. The number of aryl methyl sites for hydroxylation is 1. The molecule has 0 bridgehead atoms. The number of amides is 1. The minimum absolute atomic E-state index is 0.142. The fraction of sp³-hybridized carbons (Fsp3) is 0.263. The van der Waals surface area contributed by atoms with E-state index in [1.54, 1.807) is 13.0 Å². The third kappa shape index (κ3) is 4.99. The van der Waals surface area contributed by atoms with Gasteiger partial charge >= 0.3 is 5.92 Å². The molecule has 1 amide bonds. The summed E-state index contributed by atoms with van der Waals surface area (Å²) in [5.74, 6) is -3.12. The Hall–Kier alpha value is -3.76. The number of halogens is 2. The molecule has 3 rings (SSSR count). The smallest absolute Gasteiger partial charge is 0.303 e. The van der Waals surface area contributed by atoms with Gasteiger partial charge in [0.2, 0.25) is 17.6 Å². The monoisotopic (exact) mass is 415 g/mol. The molecule has 0 aliphatic heterocycles. The van der Waals surface area contributed by atoms with E-state index in [1.165, 1.54) is 38.6 Å². The zero-order chi connectivity index (χ0) is 21.9. The number of alkyl halides is 2. The van der Waals surface area contributed by atoms with E-state index < -0.39 is 11.7 Å². The first-order valence-corrected chi connectivity index (χ1v) is 8.82. The fourth-order valence-electron chi connectivity index (χ4n) is 2.54. The maximum atomic E-state index is 13.7. The van der Waals surface area contributed by atoms with E-state index in [0.717, 1.165) is 6.92 Å². The number of nitrogens with zero attached hydrogens (tertiary/aromatic N) is 5. The normalized spacial score (nSPS) is 11.1. The van der Waals surface area contributed by atoms with Crippen molar-refractivity contribution in [2.45, 2.75) is 26.7 Å². The zero-order valence-electron chi connectivity index (χ0n) is 16.7. The van der Waals surface area contributed by atoms with E-state index in [0.29, 0.717) is 22.8 Å². The number of carbonyl (C=O) groups is 1. The summed E-state index contributed by atoms with van der Waals surface area (Å²) in [5.41, 5.74) is 1.20. The van der Waals surface area contributed by atoms with Gasteiger partial charge in [0.25, 0.3) is 0 Å². The first kappa shape index (κ1) is 21.0. The van der Waals surface area contributed by atoms with Crippen molar-refractivity contribution >= 4 is 23.2 Å². The number of ether oxygens (including phenoxy) is 1. The van der Waals surface area contributed by atoms with Gasteiger partial charge in [-0.15, -0.1) is 0 Å². The van der Waals surface area contributed by atoms with Crippen LogP contribution in [-0.2, 0) is 10.7 Å². The molecular weight excluding hydrogens is 396 g/mol. The molecule has 0 saturated heterocycles. The van der Waals surface area contributed by atoms with Crippen LogP contribution in [0.4, 0.5) is 26.1 Å². The van der Waals surface area contributed by atoms with Gasteiger partial charge in [-0.1, -0.05) is 0 Å². The van der Waals surface area contributed by atoms with Gasteiger partial charge in [0.1, 0.15) is 11.6 Å². The van der Waals surface area contributed by atoms with Crippen LogP contribution in [0.25, 0.3) is 11.4 Å². The standard InChI is InChI=1S/C19H19F2N7O2/c1-10-7-15(27-18(24-10)19(3,20)21)26-13-8-14(25-11(2)29)23-9-12(13)17-22-6-5-16(28-17)30-4/h5-9H,1-4H3,(H2,23,24,25,26,27,29). The van der Waals surface area contributed by atoms with E-state index in [9.17, 15) is 13.6 Å². The van der Waals surface area contributed by atoms with Gasteiger partial charge in [-0.2, -0.15) is 13.8 Å². The minimum Gasteiger partial charge on any atom is -0.481 e. The molecule has 3 heterocycles. The number of nitrogens with one attached hydrogen (secondary N) is 2. The molecule has 2 N–H and O–H groups in total. The van der Waals surface area contributed by atoms with Crippen molar-refractivity contribution in [3.05, 3.63) is 42.1 Å².